The molecule has 0 amide bonds. The zero-order chi connectivity index (χ0) is 11.7. The molecule has 0 aromatic rings. The molecule has 15 heavy (non-hydrogen) atoms. The van der Waals surface area contributed by atoms with Gasteiger partial charge in [-0.1, -0.05) is 79.6 Å². The van der Waals surface area contributed by atoms with Crippen molar-refractivity contribution >= 4 is 0 Å². The number of hydrogen-bond donors (Lipinski definition) is 0. The van der Waals surface area contributed by atoms with Crippen molar-refractivity contribution in [2.45, 2.75) is 86.0 Å². The van der Waals surface area contributed by atoms with Crippen molar-refractivity contribution in [3.63, 3.8) is 0 Å². The van der Waals surface area contributed by atoms with Gasteiger partial charge in [-0.15, -0.1) is 0 Å². The van der Waals surface area contributed by atoms with Crippen LogP contribution in [0.5, 0.6) is 0 Å². The molecule has 0 spiro atoms. The Kier molecular flexibility index (Phi) is 8.19. The number of hydrogen-bond acceptors (Lipinski definition) is 0. The molecule has 0 aromatic carbocycles. The van der Waals surface area contributed by atoms with Gasteiger partial charge in [-0.2, -0.15) is 0 Å². The van der Waals surface area contributed by atoms with E-state index in [1.54, 1.807) is 0 Å². The van der Waals surface area contributed by atoms with Crippen LogP contribution in [0.3, 0.4) is 0 Å². The van der Waals surface area contributed by atoms with Gasteiger partial charge >= 0.3 is 0 Å². The molecule has 0 fully saturated rings. The van der Waals surface area contributed by atoms with Crippen LogP contribution < -0.4 is 0 Å². The van der Waals surface area contributed by atoms with E-state index in [4.69, 9.17) is 0 Å². The average Bonchev–Trinajstić information content (AvgIpc) is 2.17. The maximum atomic E-state index is 2.44. The highest BCUT2D eigenvalue weighted by Gasteiger charge is 2.23. The van der Waals surface area contributed by atoms with Gasteiger partial charge in [0.2, 0.25) is 0 Å². The van der Waals surface area contributed by atoms with Crippen molar-refractivity contribution in [3.05, 3.63) is 0 Å². The Labute approximate surface area is 97.8 Å². The SMILES string of the molecule is CCCCCCCC(C)C(C)(C)CCC. The molecule has 0 heterocycles. The molecule has 0 nitrogen and oxygen atoms in total. The fourth-order valence-corrected chi connectivity index (χ4v) is 2.34. The fraction of sp³-hybridized carbons (Fsp3) is 1.00. The molecule has 0 bridgehead atoms. The number of unbranched alkanes of at least 4 members (excludes halogenated alkanes) is 4. The van der Waals surface area contributed by atoms with Crippen LogP contribution in [0.1, 0.15) is 86.0 Å². The van der Waals surface area contributed by atoms with Gasteiger partial charge in [-0.3, -0.25) is 0 Å². The molecule has 0 aliphatic heterocycles. The maximum Gasteiger partial charge on any atom is -0.0329 e. The van der Waals surface area contributed by atoms with Crippen LogP contribution in [0.4, 0.5) is 0 Å². The predicted molar refractivity (Wildman–Crippen MR) is 71.2 cm³/mol. The Hall–Kier alpha value is 0. The zero-order valence-corrected chi connectivity index (χ0v) is 11.7. The molecule has 0 radical (unpaired) electrons. The lowest BCUT2D eigenvalue weighted by atomic mass is 9.74. The molecule has 0 heteroatoms. The van der Waals surface area contributed by atoms with Crippen molar-refractivity contribution in [3.8, 4) is 0 Å². The third-order valence-electron chi connectivity index (χ3n) is 3.97. The second-order valence-electron chi connectivity index (χ2n) is 5.84. The van der Waals surface area contributed by atoms with Crippen LogP contribution in [0.15, 0.2) is 0 Å². The Morgan fingerprint density at radius 3 is 2.00 bits per heavy atom. The van der Waals surface area contributed by atoms with Gasteiger partial charge in [0.05, 0.1) is 0 Å². The minimum atomic E-state index is 0.555. The maximum absolute atomic E-state index is 2.44. The summed E-state index contributed by atoms with van der Waals surface area (Å²) in [5.74, 6) is 0.888. The van der Waals surface area contributed by atoms with Gasteiger partial charge in [-0.25, -0.2) is 0 Å². The summed E-state index contributed by atoms with van der Waals surface area (Å²) in [5.41, 5.74) is 0.555. The van der Waals surface area contributed by atoms with E-state index >= 15 is 0 Å². The Balaban J connectivity index is 3.58. The molecule has 0 aliphatic carbocycles. The third-order valence-corrected chi connectivity index (χ3v) is 3.97. The minimum Gasteiger partial charge on any atom is -0.0654 e. The van der Waals surface area contributed by atoms with Crippen molar-refractivity contribution in [2.24, 2.45) is 11.3 Å². The quantitative estimate of drug-likeness (QED) is 0.423. The van der Waals surface area contributed by atoms with Crippen LogP contribution in [0.2, 0.25) is 0 Å². The summed E-state index contributed by atoms with van der Waals surface area (Å²) in [6.45, 7) is 11.9. The third kappa shape index (κ3) is 6.98. The molecular formula is C15H32. The standard InChI is InChI=1S/C15H32/c1-6-8-9-10-11-12-14(3)15(4,5)13-7-2/h14H,6-13H2,1-5H3. The van der Waals surface area contributed by atoms with Gasteiger partial charge in [-0.05, 0) is 17.8 Å². The highest BCUT2D eigenvalue weighted by Crippen LogP contribution is 2.34. The lowest BCUT2D eigenvalue weighted by Gasteiger charge is -2.31. The first kappa shape index (κ1) is 15.0. The minimum absolute atomic E-state index is 0.555. The predicted octanol–water partition coefficient (Wildman–Crippen LogP) is 5.81. The van der Waals surface area contributed by atoms with E-state index < -0.39 is 0 Å². The van der Waals surface area contributed by atoms with Gasteiger partial charge in [0.15, 0.2) is 0 Å². The van der Waals surface area contributed by atoms with Crippen molar-refractivity contribution in [1.29, 1.82) is 0 Å². The van der Waals surface area contributed by atoms with E-state index in [-0.39, 0.29) is 0 Å². The molecule has 0 saturated carbocycles. The molecule has 0 saturated heterocycles. The van der Waals surface area contributed by atoms with E-state index in [1.807, 2.05) is 0 Å². The number of rotatable bonds is 9. The largest absolute Gasteiger partial charge is 0.0654 e. The van der Waals surface area contributed by atoms with Gasteiger partial charge in [0.25, 0.3) is 0 Å². The van der Waals surface area contributed by atoms with Crippen LogP contribution >= 0.6 is 0 Å². The van der Waals surface area contributed by atoms with Crippen LogP contribution in [-0.4, -0.2) is 0 Å². The molecule has 0 N–H and O–H groups in total. The molecule has 0 aromatic heterocycles. The van der Waals surface area contributed by atoms with E-state index in [9.17, 15) is 0 Å². The Morgan fingerprint density at radius 1 is 0.867 bits per heavy atom. The van der Waals surface area contributed by atoms with E-state index in [1.165, 1.54) is 51.4 Å². The molecule has 1 atom stereocenters. The first-order valence-electron chi connectivity index (χ1n) is 7.04. The van der Waals surface area contributed by atoms with E-state index in [2.05, 4.69) is 34.6 Å². The van der Waals surface area contributed by atoms with Gasteiger partial charge in [0, 0.05) is 0 Å². The lowest BCUT2D eigenvalue weighted by molar-refractivity contribution is 0.194. The highest BCUT2D eigenvalue weighted by molar-refractivity contribution is 4.74. The molecule has 0 rings (SSSR count). The monoisotopic (exact) mass is 212 g/mol. The second kappa shape index (κ2) is 8.19. The van der Waals surface area contributed by atoms with E-state index in [0.717, 1.165) is 5.92 Å². The van der Waals surface area contributed by atoms with Crippen LogP contribution in [-0.2, 0) is 0 Å². The fourth-order valence-electron chi connectivity index (χ4n) is 2.34. The summed E-state index contributed by atoms with van der Waals surface area (Å²) in [6, 6.07) is 0. The molecule has 1 unspecified atom stereocenters. The summed E-state index contributed by atoms with van der Waals surface area (Å²) in [4.78, 5) is 0. The highest BCUT2D eigenvalue weighted by atomic mass is 14.3. The summed E-state index contributed by atoms with van der Waals surface area (Å²) in [6.07, 6.45) is 11.2. The van der Waals surface area contributed by atoms with Crippen molar-refractivity contribution in [2.75, 3.05) is 0 Å². The van der Waals surface area contributed by atoms with Crippen molar-refractivity contribution in [1.82, 2.24) is 0 Å². The summed E-state index contributed by atoms with van der Waals surface area (Å²) in [5, 5.41) is 0. The van der Waals surface area contributed by atoms with Gasteiger partial charge in [0.1, 0.15) is 0 Å². The first-order valence-corrected chi connectivity index (χ1v) is 7.04. The molecule has 0 aliphatic rings. The molecular weight excluding hydrogens is 180 g/mol. The van der Waals surface area contributed by atoms with E-state index in [0.29, 0.717) is 5.41 Å². The van der Waals surface area contributed by atoms with Crippen LogP contribution in [0.25, 0.3) is 0 Å². The van der Waals surface area contributed by atoms with Gasteiger partial charge < -0.3 is 0 Å². The topological polar surface area (TPSA) is 0 Å². The zero-order valence-electron chi connectivity index (χ0n) is 11.7. The first-order chi connectivity index (χ1) is 7.04. The summed E-state index contributed by atoms with van der Waals surface area (Å²) in [7, 11) is 0. The van der Waals surface area contributed by atoms with Crippen LogP contribution in [0, 0.1) is 11.3 Å². The lowest BCUT2D eigenvalue weighted by Crippen LogP contribution is -2.21. The normalized spacial score (nSPS) is 14.2. The second-order valence-corrected chi connectivity index (χ2v) is 5.84. The summed E-state index contributed by atoms with van der Waals surface area (Å²) >= 11 is 0. The summed E-state index contributed by atoms with van der Waals surface area (Å²) < 4.78 is 0. The average molecular weight is 212 g/mol. The smallest absolute Gasteiger partial charge is 0.0329 e. The Bertz CT molecular complexity index is 135. The Morgan fingerprint density at radius 2 is 1.47 bits per heavy atom. The molecule has 92 valence electrons. The van der Waals surface area contributed by atoms with Crippen molar-refractivity contribution < 1.29 is 0 Å².